The predicted molar refractivity (Wildman–Crippen MR) is 112 cm³/mol. The zero-order chi connectivity index (χ0) is 20.3. The Bertz CT molecular complexity index is 1010. The molecule has 1 aliphatic heterocycles. The Hall–Kier alpha value is -2.84. The third kappa shape index (κ3) is 4.06. The quantitative estimate of drug-likeness (QED) is 0.710. The molecule has 0 bridgehead atoms. The summed E-state index contributed by atoms with van der Waals surface area (Å²) in [7, 11) is 0. The fourth-order valence-electron chi connectivity index (χ4n) is 4.46. The summed E-state index contributed by atoms with van der Waals surface area (Å²) in [4.78, 5) is 28.1. The fraction of sp³-hybridized carbons (Fsp3) is 0.455. The minimum Gasteiger partial charge on any atom is -0.442 e. The Morgan fingerprint density at radius 3 is 2.57 bits per heavy atom. The van der Waals surface area contributed by atoms with Gasteiger partial charge in [0.25, 0.3) is 0 Å². The molecular formula is C22H25N5O3. The van der Waals surface area contributed by atoms with Gasteiger partial charge < -0.3 is 14.5 Å². The van der Waals surface area contributed by atoms with Crippen molar-refractivity contribution in [3.8, 4) is 11.5 Å². The molecule has 4 heterocycles. The molecule has 156 valence electrons. The van der Waals surface area contributed by atoms with Crippen molar-refractivity contribution in [3.63, 3.8) is 0 Å². The third-order valence-corrected chi connectivity index (χ3v) is 6.17. The van der Waals surface area contributed by atoms with Crippen LogP contribution in [-0.4, -0.2) is 58.1 Å². The summed E-state index contributed by atoms with van der Waals surface area (Å²) < 4.78 is 10.8. The number of carbonyl (C=O) groups excluding carboxylic acids is 1. The number of nitrogens with one attached hydrogen (secondary N) is 1. The van der Waals surface area contributed by atoms with Gasteiger partial charge in [0.15, 0.2) is 12.2 Å². The molecule has 2 aliphatic rings. The molecule has 2 fully saturated rings. The highest BCUT2D eigenvalue weighted by Crippen LogP contribution is 2.29. The number of fused-ring (bicyclic) bond motifs is 1. The summed E-state index contributed by atoms with van der Waals surface area (Å²) in [6, 6.07) is 4.38. The number of aromatic nitrogens is 3. The molecule has 0 atom stereocenters. The van der Waals surface area contributed by atoms with Crippen LogP contribution in [0, 0.1) is 5.92 Å². The maximum Gasteiger partial charge on any atom is 0.228 e. The fourth-order valence-corrected chi connectivity index (χ4v) is 4.46. The van der Waals surface area contributed by atoms with Gasteiger partial charge in [0.05, 0.1) is 19.4 Å². The van der Waals surface area contributed by atoms with Crippen molar-refractivity contribution in [1.82, 2.24) is 19.9 Å². The maximum atomic E-state index is 12.8. The molecule has 1 aliphatic carbocycles. The van der Waals surface area contributed by atoms with Gasteiger partial charge in [-0.1, -0.05) is 0 Å². The Morgan fingerprint density at radius 1 is 1.00 bits per heavy atom. The number of hydrogen-bond donors (Lipinski definition) is 1. The molecule has 30 heavy (non-hydrogen) atoms. The van der Waals surface area contributed by atoms with Crippen molar-refractivity contribution in [2.75, 3.05) is 31.6 Å². The lowest BCUT2D eigenvalue weighted by Gasteiger charge is -2.38. The minimum atomic E-state index is 0.0435. The number of nitrogens with zero attached hydrogens (tertiary/aromatic N) is 4. The summed E-state index contributed by atoms with van der Waals surface area (Å²) in [5.41, 5.74) is 0.699. The lowest BCUT2D eigenvalue weighted by atomic mass is 9.84. The van der Waals surface area contributed by atoms with Gasteiger partial charge in [-0.3, -0.25) is 14.7 Å². The predicted octanol–water partition coefficient (Wildman–Crippen LogP) is 3.11. The van der Waals surface area contributed by atoms with E-state index >= 15 is 0 Å². The van der Waals surface area contributed by atoms with Crippen molar-refractivity contribution in [2.45, 2.75) is 31.7 Å². The zero-order valence-electron chi connectivity index (χ0n) is 16.8. The summed E-state index contributed by atoms with van der Waals surface area (Å²) in [5, 5.41) is 4.86. The van der Waals surface area contributed by atoms with Crippen LogP contribution < -0.4 is 5.32 Å². The number of carbonyl (C=O) groups is 1. The van der Waals surface area contributed by atoms with Crippen LogP contribution in [0.1, 0.15) is 25.7 Å². The second kappa shape index (κ2) is 8.49. The minimum absolute atomic E-state index is 0.0435. The van der Waals surface area contributed by atoms with Crippen LogP contribution in [0.2, 0.25) is 0 Å². The highest BCUT2D eigenvalue weighted by molar-refractivity contribution is 5.94. The van der Waals surface area contributed by atoms with Gasteiger partial charge in [-0.25, -0.2) is 9.97 Å². The van der Waals surface area contributed by atoms with Crippen LogP contribution in [0.3, 0.4) is 0 Å². The third-order valence-electron chi connectivity index (χ3n) is 6.17. The van der Waals surface area contributed by atoms with Crippen LogP contribution in [0.4, 0.5) is 5.82 Å². The molecule has 1 N–H and O–H groups in total. The molecule has 0 unspecified atom stereocenters. The lowest BCUT2D eigenvalue weighted by molar-refractivity contribution is -0.121. The molecular weight excluding hydrogens is 382 g/mol. The second-order valence-electron chi connectivity index (χ2n) is 7.99. The van der Waals surface area contributed by atoms with E-state index in [9.17, 15) is 4.79 Å². The van der Waals surface area contributed by atoms with E-state index in [1.807, 2.05) is 12.1 Å². The first-order valence-electron chi connectivity index (χ1n) is 10.5. The SMILES string of the molecule is O=C(Nc1cc2cc(-c3cnco3)ncc2cn1)[C@H]1CC[C@@H](N2CCOCC2)CC1. The molecule has 8 heteroatoms. The molecule has 3 aromatic heterocycles. The van der Waals surface area contributed by atoms with E-state index in [1.165, 1.54) is 6.39 Å². The molecule has 0 radical (unpaired) electrons. The van der Waals surface area contributed by atoms with Crippen molar-refractivity contribution >= 4 is 22.5 Å². The average molecular weight is 407 g/mol. The molecule has 8 nitrogen and oxygen atoms in total. The highest BCUT2D eigenvalue weighted by Gasteiger charge is 2.30. The molecule has 1 saturated carbocycles. The Morgan fingerprint density at radius 2 is 1.80 bits per heavy atom. The van der Waals surface area contributed by atoms with Crippen LogP contribution in [0.25, 0.3) is 22.2 Å². The van der Waals surface area contributed by atoms with E-state index < -0.39 is 0 Å². The molecule has 1 amide bonds. The van der Waals surface area contributed by atoms with Crippen LogP contribution >= 0.6 is 0 Å². The summed E-state index contributed by atoms with van der Waals surface area (Å²) in [5.74, 6) is 1.28. The normalized spacial score (nSPS) is 22.8. The second-order valence-corrected chi connectivity index (χ2v) is 7.99. The largest absolute Gasteiger partial charge is 0.442 e. The summed E-state index contributed by atoms with van der Waals surface area (Å²) in [6.45, 7) is 3.66. The van der Waals surface area contributed by atoms with E-state index in [0.29, 0.717) is 23.3 Å². The lowest BCUT2D eigenvalue weighted by Crippen LogP contribution is -2.45. The van der Waals surface area contributed by atoms with Gasteiger partial charge in [-0.15, -0.1) is 0 Å². The smallest absolute Gasteiger partial charge is 0.228 e. The molecule has 0 aromatic carbocycles. The topological polar surface area (TPSA) is 93.4 Å². The van der Waals surface area contributed by atoms with Crippen molar-refractivity contribution < 1.29 is 13.9 Å². The van der Waals surface area contributed by atoms with Crippen molar-refractivity contribution in [1.29, 1.82) is 0 Å². The van der Waals surface area contributed by atoms with Crippen LogP contribution in [-0.2, 0) is 9.53 Å². The molecule has 1 saturated heterocycles. The molecule has 3 aromatic rings. The van der Waals surface area contributed by atoms with Gasteiger partial charge in [-0.2, -0.15) is 0 Å². The maximum absolute atomic E-state index is 12.8. The van der Waals surface area contributed by atoms with Gasteiger partial charge in [0, 0.05) is 42.8 Å². The standard InChI is InChI=1S/C22H25N5O3/c28-22(15-1-3-18(4-2-15)27-5-7-29-8-6-27)26-21-10-16-9-19(20-13-23-14-30-20)24-11-17(16)12-25-21/h9-15,18H,1-8H2,(H,25,26,28)/t15-,18+. The first-order valence-corrected chi connectivity index (χ1v) is 10.5. The van der Waals surface area contributed by atoms with E-state index in [0.717, 1.165) is 62.8 Å². The number of anilines is 1. The average Bonchev–Trinajstić information content (AvgIpc) is 3.34. The monoisotopic (exact) mass is 407 g/mol. The zero-order valence-corrected chi connectivity index (χ0v) is 16.8. The van der Waals surface area contributed by atoms with Gasteiger partial charge in [-0.05, 0) is 43.2 Å². The number of rotatable bonds is 4. The van der Waals surface area contributed by atoms with Crippen molar-refractivity contribution in [2.24, 2.45) is 5.92 Å². The number of morpholine rings is 1. The van der Waals surface area contributed by atoms with Gasteiger partial charge in [0.1, 0.15) is 11.5 Å². The van der Waals surface area contributed by atoms with Crippen LogP contribution in [0.15, 0.2) is 41.5 Å². The first kappa shape index (κ1) is 19.1. The number of pyridine rings is 2. The Balaban J connectivity index is 1.23. The number of oxazole rings is 1. The summed E-state index contributed by atoms with van der Waals surface area (Å²) >= 11 is 0. The Labute approximate surface area is 174 Å². The van der Waals surface area contributed by atoms with Gasteiger partial charge >= 0.3 is 0 Å². The van der Waals surface area contributed by atoms with E-state index in [1.54, 1.807) is 18.6 Å². The van der Waals surface area contributed by atoms with E-state index in [-0.39, 0.29) is 11.8 Å². The molecule has 5 rings (SSSR count). The summed E-state index contributed by atoms with van der Waals surface area (Å²) in [6.07, 6.45) is 10.5. The highest BCUT2D eigenvalue weighted by atomic mass is 16.5. The Kier molecular flexibility index (Phi) is 5.42. The number of ether oxygens (including phenoxy) is 1. The van der Waals surface area contributed by atoms with Crippen LogP contribution in [0.5, 0.6) is 0 Å². The first-order chi connectivity index (χ1) is 14.8. The van der Waals surface area contributed by atoms with E-state index in [4.69, 9.17) is 9.15 Å². The molecule has 0 spiro atoms. The van der Waals surface area contributed by atoms with Gasteiger partial charge in [0.2, 0.25) is 5.91 Å². The number of amides is 1. The van der Waals surface area contributed by atoms with Crippen molar-refractivity contribution in [3.05, 3.63) is 37.1 Å². The van der Waals surface area contributed by atoms with E-state index in [2.05, 4.69) is 25.2 Å². The number of hydrogen-bond acceptors (Lipinski definition) is 7.